The van der Waals surface area contributed by atoms with E-state index in [2.05, 4.69) is 0 Å². The highest BCUT2D eigenvalue weighted by Gasteiger charge is 2.39. The summed E-state index contributed by atoms with van der Waals surface area (Å²) < 4.78 is 0. The highest BCUT2D eigenvalue weighted by molar-refractivity contribution is 5.96. The maximum Gasteiger partial charge on any atom is 0.243 e. The van der Waals surface area contributed by atoms with Gasteiger partial charge in [-0.2, -0.15) is 5.10 Å². The van der Waals surface area contributed by atoms with E-state index in [9.17, 15) is 4.79 Å². The van der Waals surface area contributed by atoms with Gasteiger partial charge in [-0.3, -0.25) is 4.79 Å². The van der Waals surface area contributed by atoms with E-state index in [0.29, 0.717) is 31.2 Å². The van der Waals surface area contributed by atoms with Gasteiger partial charge in [0, 0.05) is 37.1 Å². The number of nitrogens with zero attached hydrogens (tertiary/aromatic N) is 2. The lowest BCUT2D eigenvalue weighted by atomic mass is 9.73. The fourth-order valence-electron chi connectivity index (χ4n) is 4.29. The number of amides is 1. The van der Waals surface area contributed by atoms with Crippen molar-refractivity contribution >= 4 is 11.6 Å². The minimum absolute atomic E-state index is 0.129. The highest BCUT2D eigenvalue weighted by atomic mass is 16.3. The van der Waals surface area contributed by atoms with Crippen LogP contribution in [0.5, 0.6) is 0 Å². The first-order chi connectivity index (χ1) is 9.79. The Labute approximate surface area is 121 Å². The summed E-state index contributed by atoms with van der Waals surface area (Å²) in [6.07, 6.45) is 10.3. The molecule has 1 aliphatic heterocycles. The first kappa shape index (κ1) is 14.1. The van der Waals surface area contributed by atoms with Crippen molar-refractivity contribution in [2.24, 2.45) is 22.9 Å². The van der Waals surface area contributed by atoms with Crippen LogP contribution in [-0.2, 0) is 4.79 Å². The SMILES string of the molecule is O=C1CC2CCCC3CCCCC3C2=NN1CCCO. The average Bonchev–Trinajstić information content (AvgIpc) is 2.64. The molecule has 3 aliphatic rings. The van der Waals surface area contributed by atoms with Gasteiger partial charge >= 0.3 is 0 Å². The molecular weight excluding hydrogens is 252 g/mol. The molecule has 0 aromatic carbocycles. The fraction of sp³-hybridized carbons (Fsp3) is 0.875. The van der Waals surface area contributed by atoms with Gasteiger partial charge in [-0.25, -0.2) is 5.01 Å². The number of rotatable bonds is 3. The van der Waals surface area contributed by atoms with Crippen LogP contribution in [0.3, 0.4) is 0 Å². The summed E-state index contributed by atoms with van der Waals surface area (Å²) in [4.78, 5) is 12.2. The summed E-state index contributed by atoms with van der Waals surface area (Å²) in [6, 6.07) is 0. The predicted molar refractivity (Wildman–Crippen MR) is 78.3 cm³/mol. The van der Waals surface area contributed by atoms with Gasteiger partial charge in [0.1, 0.15) is 0 Å². The molecule has 2 aliphatic carbocycles. The summed E-state index contributed by atoms with van der Waals surface area (Å²) in [7, 11) is 0. The number of aliphatic hydroxyl groups excluding tert-OH is 1. The standard InChI is InChI=1S/C16H26N2O2/c19-10-4-9-18-15(20)11-13-7-3-6-12-5-1-2-8-14(12)16(13)17-18/h12-14,19H,1-11H2. The molecule has 0 radical (unpaired) electrons. The topological polar surface area (TPSA) is 52.9 Å². The highest BCUT2D eigenvalue weighted by Crippen LogP contribution is 2.42. The molecule has 1 N–H and O–H groups in total. The third-order valence-corrected chi connectivity index (χ3v) is 5.31. The zero-order valence-electron chi connectivity index (χ0n) is 12.3. The molecule has 3 atom stereocenters. The third kappa shape index (κ3) is 2.76. The van der Waals surface area contributed by atoms with Gasteiger partial charge in [-0.1, -0.05) is 19.3 Å². The molecular formula is C16H26N2O2. The lowest BCUT2D eigenvalue weighted by Crippen LogP contribution is -2.41. The van der Waals surface area contributed by atoms with Crippen LogP contribution in [-0.4, -0.2) is 34.9 Å². The Bertz CT molecular complexity index is 394. The summed E-state index contributed by atoms with van der Waals surface area (Å²) in [5, 5.41) is 15.4. The van der Waals surface area contributed by atoms with E-state index in [1.807, 2.05) is 0 Å². The van der Waals surface area contributed by atoms with E-state index in [4.69, 9.17) is 10.2 Å². The number of hydrazone groups is 1. The van der Waals surface area contributed by atoms with Gasteiger partial charge in [-0.05, 0) is 38.0 Å². The number of aliphatic hydroxyl groups is 1. The molecule has 1 amide bonds. The lowest BCUT2D eigenvalue weighted by Gasteiger charge is -2.36. The second-order valence-corrected chi connectivity index (χ2v) is 6.60. The quantitative estimate of drug-likeness (QED) is 0.862. The van der Waals surface area contributed by atoms with E-state index >= 15 is 0 Å². The summed E-state index contributed by atoms with van der Waals surface area (Å²) in [5.41, 5.74) is 1.32. The minimum Gasteiger partial charge on any atom is -0.396 e. The van der Waals surface area contributed by atoms with Crippen molar-refractivity contribution in [1.82, 2.24) is 5.01 Å². The zero-order valence-corrected chi connectivity index (χ0v) is 12.3. The fourth-order valence-corrected chi connectivity index (χ4v) is 4.29. The van der Waals surface area contributed by atoms with Crippen molar-refractivity contribution in [1.29, 1.82) is 0 Å². The van der Waals surface area contributed by atoms with Crippen molar-refractivity contribution in [2.45, 2.75) is 57.8 Å². The van der Waals surface area contributed by atoms with Crippen LogP contribution in [0.25, 0.3) is 0 Å². The number of hydrogen-bond acceptors (Lipinski definition) is 3. The summed E-state index contributed by atoms with van der Waals surface area (Å²) in [5.74, 6) is 1.99. The van der Waals surface area contributed by atoms with Crippen molar-refractivity contribution < 1.29 is 9.90 Å². The molecule has 1 heterocycles. The van der Waals surface area contributed by atoms with Crippen molar-refractivity contribution in [2.75, 3.05) is 13.2 Å². The summed E-state index contributed by atoms with van der Waals surface area (Å²) >= 11 is 0. The summed E-state index contributed by atoms with van der Waals surface area (Å²) in [6.45, 7) is 0.701. The maximum atomic E-state index is 12.2. The van der Waals surface area contributed by atoms with Crippen molar-refractivity contribution in [3.05, 3.63) is 0 Å². The Morgan fingerprint density at radius 3 is 2.80 bits per heavy atom. The van der Waals surface area contributed by atoms with E-state index < -0.39 is 0 Å². The van der Waals surface area contributed by atoms with Crippen LogP contribution in [0.1, 0.15) is 57.8 Å². The minimum atomic E-state index is 0.129. The van der Waals surface area contributed by atoms with Gasteiger partial charge in [0.15, 0.2) is 0 Å². The second kappa shape index (κ2) is 6.25. The molecule has 4 heteroatoms. The predicted octanol–water partition coefficient (Wildman–Crippen LogP) is 2.56. The smallest absolute Gasteiger partial charge is 0.243 e. The van der Waals surface area contributed by atoms with Crippen LogP contribution >= 0.6 is 0 Å². The molecule has 0 aromatic rings. The number of hydrogen-bond donors (Lipinski definition) is 1. The normalized spacial score (nSPS) is 34.0. The van der Waals surface area contributed by atoms with Gasteiger partial charge in [0.2, 0.25) is 5.91 Å². The van der Waals surface area contributed by atoms with Crippen LogP contribution in [0, 0.1) is 17.8 Å². The Hall–Kier alpha value is -0.900. The number of carbonyl (C=O) groups excluding carboxylic acids is 1. The molecule has 112 valence electrons. The Morgan fingerprint density at radius 2 is 1.95 bits per heavy atom. The first-order valence-corrected chi connectivity index (χ1v) is 8.29. The first-order valence-electron chi connectivity index (χ1n) is 8.29. The third-order valence-electron chi connectivity index (χ3n) is 5.31. The molecule has 0 bridgehead atoms. The van der Waals surface area contributed by atoms with Gasteiger partial charge in [0.25, 0.3) is 0 Å². The largest absolute Gasteiger partial charge is 0.396 e. The molecule has 2 fully saturated rings. The van der Waals surface area contributed by atoms with E-state index in [0.717, 1.165) is 12.3 Å². The monoisotopic (exact) mass is 278 g/mol. The molecule has 4 nitrogen and oxygen atoms in total. The van der Waals surface area contributed by atoms with Gasteiger partial charge < -0.3 is 5.11 Å². The maximum absolute atomic E-state index is 12.2. The number of fused-ring (bicyclic) bond motifs is 3. The average molecular weight is 278 g/mol. The Kier molecular flexibility index (Phi) is 4.39. The van der Waals surface area contributed by atoms with E-state index in [1.54, 1.807) is 5.01 Å². The molecule has 0 saturated heterocycles. The van der Waals surface area contributed by atoms with Crippen LogP contribution < -0.4 is 0 Å². The molecule has 20 heavy (non-hydrogen) atoms. The zero-order chi connectivity index (χ0) is 13.9. The van der Waals surface area contributed by atoms with Crippen LogP contribution in [0.4, 0.5) is 0 Å². The van der Waals surface area contributed by atoms with Crippen molar-refractivity contribution in [3.8, 4) is 0 Å². The van der Waals surface area contributed by atoms with Crippen LogP contribution in [0.15, 0.2) is 5.10 Å². The molecule has 3 unspecified atom stereocenters. The second-order valence-electron chi connectivity index (χ2n) is 6.60. The molecule has 3 rings (SSSR count). The van der Waals surface area contributed by atoms with Gasteiger partial charge in [0.05, 0.1) is 0 Å². The van der Waals surface area contributed by atoms with Crippen molar-refractivity contribution in [3.63, 3.8) is 0 Å². The Balaban J connectivity index is 1.82. The molecule has 0 aromatic heterocycles. The van der Waals surface area contributed by atoms with E-state index in [-0.39, 0.29) is 12.5 Å². The van der Waals surface area contributed by atoms with Gasteiger partial charge in [-0.15, -0.1) is 0 Å². The van der Waals surface area contributed by atoms with E-state index in [1.165, 1.54) is 44.2 Å². The van der Waals surface area contributed by atoms with Crippen LogP contribution in [0.2, 0.25) is 0 Å². The Morgan fingerprint density at radius 1 is 1.15 bits per heavy atom. The molecule has 0 spiro atoms. The molecule has 2 saturated carbocycles. The number of carbonyl (C=O) groups is 1. The lowest BCUT2D eigenvalue weighted by molar-refractivity contribution is -0.133.